The van der Waals surface area contributed by atoms with Gasteiger partial charge < -0.3 is 10.2 Å². The summed E-state index contributed by atoms with van der Waals surface area (Å²) in [5.74, 6) is -3.83. The fourth-order valence-corrected chi connectivity index (χ4v) is 4.11. The molecule has 1 aromatic rings. The van der Waals surface area contributed by atoms with Gasteiger partial charge in [0.05, 0.1) is 18.3 Å². The van der Waals surface area contributed by atoms with E-state index < -0.39 is 17.5 Å². The summed E-state index contributed by atoms with van der Waals surface area (Å²) in [4.78, 5) is 13.4. The number of carbonyl (C=O) groups excluding carboxylic acids is 1. The fourth-order valence-electron chi connectivity index (χ4n) is 4.11. The van der Waals surface area contributed by atoms with Crippen LogP contribution in [0.25, 0.3) is 0 Å². The largest absolute Gasteiger partial charge is 0.324 e. The molecular weight excluding hydrogens is 305 g/mol. The molecule has 3 rings (SSSR count). The number of piperidine rings is 1. The summed E-state index contributed by atoms with van der Waals surface area (Å²) in [6.07, 6.45) is 7.15. The van der Waals surface area contributed by atoms with Gasteiger partial charge in [-0.05, 0) is 44.2 Å². The van der Waals surface area contributed by atoms with Gasteiger partial charge in [-0.1, -0.05) is 6.42 Å². The van der Waals surface area contributed by atoms with Gasteiger partial charge in [0.25, 0.3) is 5.91 Å². The molecule has 1 aromatic carbocycles. The van der Waals surface area contributed by atoms with Crippen LogP contribution < -0.4 is 10.2 Å². The molecule has 2 N–H and O–H groups in total. The molecule has 1 amide bonds. The number of anilines is 1. The first-order valence-electron chi connectivity index (χ1n) is 8.34. The summed E-state index contributed by atoms with van der Waals surface area (Å²) >= 11 is 0. The van der Waals surface area contributed by atoms with E-state index in [0.29, 0.717) is 12.0 Å². The van der Waals surface area contributed by atoms with Crippen LogP contribution in [-0.2, 0) is 4.79 Å². The highest BCUT2D eigenvalue weighted by molar-refractivity contribution is 5.91. The van der Waals surface area contributed by atoms with Crippen molar-refractivity contribution in [3.05, 3.63) is 29.6 Å². The third kappa shape index (κ3) is 3.52. The molecule has 1 aliphatic carbocycles. The lowest BCUT2D eigenvalue weighted by Gasteiger charge is -2.40. The maximum Gasteiger partial charge on any atom is 0.279 e. The summed E-state index contributed by atoms with van der Waals surface area (Å²) < 4.78 is 39.8. The van der Waals surface area contributed by atoms with Crippen LogP contribution in [0.15, 0.2) is 12.1 Å². The van der Waals surface area contributed by atoms with Crippen molar-refractivity contribution in [2.24, 2.45) is 5.92 Å². The van der Waals surface area contributed by atoms with Gasteiger partial charge in [-0.3, -0.25) is 4.79 Å². The number of amides is 1. The molecule has 0 spiro atoms. The van der Waals surface area contributed by atoms with Crippen molar-refractivity contribution in [1.29, 1.82) is 0 Å². The molecule has 1 heterocycles. The number of hydrogen-bond donors (Lipinski definition) is 2. The summed E-state index contributed by atoms with van der Waals surface area (Å²) in [5.41, 5.74) is -0.300. The molecular formula is C17H22F3N2O+. The molecule has 126 valence electrons. The van der Waals surface area contributed by atoms with E-state index in [1.165, 1.54) is 30.6 Å². The molecule has 1 unspecified atom stereocenters. The highest BCUT2D eigenvalue weighted by Crippen LogP contribution is 2.28. The van der Waals surface area contributed by atoms with Crippen molar-refractivity contribution in [2.75, 3.05) is 18.4 Å². The Kier molecular flexibility index (Phi) is 4.90. The Bertz CT molecular complexity index is 591. The van der Waals surface area contributed by atoms with Gasteiger partial charge >= 0.3 is 0 Å². The Hall–Kier alpha value is -1.56. The van der Waals surface area contributed by atoms with Gasteiger partial charge in [-0.15, -0.1) is 0 Å². The minimum absolute atomic E-state index is 0.250. The van der Waals surface area contributed by atoms with Gasteiger partial charge in [-0.2, -0.15) is 0 Å². The topological polar surface area (TPSA) is 33.5 Å². The number of likely N-dealkylation sites (tertiary alicyclic amines) is 1. The highest BCUT2D eigenvalue weighted by atomic mass is 19.2. The van der Waals surface area contributed by atoms with E-state index in [-0.39, 0.29) is 18.1 Å². The van der Waals surface area contributed by atoms with Gasteiger partial charge in [0.15, 0.2) is 24.0 Å². The van der Waals surface area contributed by atoms with Gasteiger partial charge in [0.1, 0.15) is 0 Å². The third-order valence-corrected chi connectivity index (χ3v) is 5.20. The Morgan fingerprint density at radius 3 is 2.65 bits per heavy atom. The normalized spacial score (nSPS) is 27.3. The van der Waals surface area contributed by atoms with Crippen molar-refractivity contribution < 1.29 is 22.9 Å². The minimum atomic E-state index is -1.56. The summed E-state index contributed by atoms with van der Waals surface area (Å²) in [7, 11) is 0. The van der Waals surface area contributed by atoms with E-state index in [9.17, 15) is 18.0 Å². The highest BCUT2D eigenvalue weighted by Gasteiger charge is 2.37. The third-order valence-electron chi connectivity index (χ3n) is 5.20. The van der Waals surface area contributed by atoms with Crippen molar-refractivity contribution in [1.82, 2.24) is 0 Å². The second-order valence-corrected chi connectivity index (χ2v) is 6.65. The van der Waals surface area contributed by atoms with Gasteiger partial charge in [-0.25, -0.2) is 13.2 Å². The van der Waals surface area contributed by atoms with Gasteiger partial charge in [0.2, 0.25) is 0 Å². The molecule has 0 bridgehead atoms. The average Bonchev–Trinajstić information content (AvgIpc) is 2.56. The molecule has 1 saturated carbocycles. The predicted molar refractivity (Wildman–Crippen MR) is 80.6 cm³/mol. The molecule has 6 heteroatoms. The minimum Gasteiger partial charge on any atom is -0.324 e. The molecule has 1 saturated heterocycles. The van der Waals surface area contributed by atoms with Crippen LogP contribution >= 0.6 is 0 Å². The second kappa shape index (κ2) is 6.91. The van der Waals surface area contributed by atoms with E-state index in [2.05, 4.69) is 5.32 Å². The molecule has 0 aromatic heterocycles. The first kappa shape index (κ1) is 16.3. The summed E-state index contributed by atoms with van der Waals surface area (Å²) in [6, 6.07) is 2.37. The zero-order valence-electron chi connectivity index (χ0n) is 13.0. The van der Waals surface area contributed by atoms with Crippen LogP contribution in [-0.4, -0.2) is 25.0 Å². The van der Waals surface area contributed by atoms with E-state index >= 15 is 0 Å². The van der Waals surface area contributed by atoms with E-state index in [0.717, 1.165) is 31.5 Å². The first-order chi connectivity index (χ1) is 11.1. The lowest BCUT2D eigenvalue weighted by atomic mass is 9.78. The monoisotopic (exact) mass is 327 g/mol. The Labute approximate surface area is 133 Å². The van der Waals surface area contributed by atoms with Crippen LogP contribution in [0.5, 0.6) is 0 Å². The number of halogens is 3. The first-order valence-corrected chi connectivity index (χ1v) is 8.34. The van der Waals surface area contributed by atoms with E-state index in [1.54, 1.807) is 0 Å². The van der Waals surface area contributed by atoms with Crippen LogP contribution in [0.1, 0.15) is 38.5 Å². The zero-order valence-corrected chi connectivity index (χ0v) is 13.0. The van der Waals surface area contributed by atoms with Crippen molar-refractivity contribution >= 4 is 11.6 Å². The van der Waals surface area contributed by atoms with Crippen LogP contribution in [0.2, 0.25) is 0 Å². The Morgan fingerprint density at radius 2 is 1.83 bits per heavy atom. The maximum absolute atomic E-state index is 13.6. The average molecular weight is 327 g/mol. The number of hydrogen-bond acceptors (Lipinski definition) is 1. The number of rotatable bonds is 3. The van der Waals surface area contributed by atoms with Crippen molar-refractivity contribution in [3.8, 4) is 0 Å². The summed E-state index contributed by atoms with van der Waals surface area (Å²) in [5, 5.41) is 2.38. The zero-order chi connectivity index (χ0) is 16.4. The molecule has 1 aliphatic heterocycles. The SMILES string of the molecule is O=C(C[NH+]1CCC[C@H]2CCCC[C@@H]21)Nc1ccc(F)c(F)c1F. The van der Waals surface area contributed by atoms with Crippen LogP contribution in [0, 0.1) is 23.4 Å². The van der Waals surface area contributed by atoms with Crippen LogP contribution in [0.4, 0.5) is 18.9 Å². The maximum atomic E-state index is 13.6. The lowest BCUT2D eigenvalue weighted by Crippen LogP contribution is -3.18. The molecule has 23 heavy (non-hydrogen) atoms. The molecule has 3 nitrogen and oxygen atoms in total. The summed E-state index contributed by atoms with van der Waals surface area (Å²) in [6.45, 7) is 1.19. The Morgan fingerprint density at radius 1 is 1.09 bits per heavy atom. The molecule has 3 atom stereocenters. The quantitative estimate of drug-likeness (QED) is 0.821. The number of nitrogens with one attached hydrogen (secondary N) is 2. The number of fused-ring (bicyclic) bond motifs is 1. The molecule has 0 radical (unpaired) electrons. The van der Waals surface area contributed by atoms with Crippen LogP contribution in [0.3, 0.4) is 0 Å². The second-order valence-electron chi connectivity index (χ2n) is 6.65. The molecule has 2 fully saturated rings. The van der Waals surface area contributed by atoms with E-state index in [1.807, 2.05) is 0 Å². The Balaban J connectivity index is 1.64. The van der Waals surface area contributed by atoms with Crippen molar-refractivity contribution in [3.63, 3.8) is 0 Å². The predicted octanol–water partition coefficient (Wildman–Crippen LogP) is 2.28. The number of carbonyl (C=O) groups is 1. The number of quaternary nitrogens is 1. The standard InChI is InChI=1S/C17H21F3N2O/c18-12-7-8-13(17(20)16(12)19)21-15(23)10-22-9-3-5-11-4-1-2-6-14(11)22/h7-8,11,14H,1-6,9-10H2,(H,21,23)/p+1/t11-,14+/m1/s1. The molecule has 2 aliphatic rings. The van der Waals surface area contributed by atoms with Gasteiger partial charge in [0, 0.05) is 5.92 Å². The van der Waals surface area contributed by atoms with E-state index in [4.69, 9.17) is 0 Å². The number of benzene rings is 1. The lowest BCUT2D eigenvalue weighted by molar-refractivity contribution is -0.928. The fraction of sp³-hybridized carbons (Fsp3) is 0.588. The van der Waals surface area contributed by atoms with Crippen molar-refractivity contribution in [2.45, 2.75) is 44.6 Å². The smallest absolute Gasteiger partial charge is 0.279 e.